The van der Waals surface area contributed by atoms with Crippen molar-refractivity contribution in [2.45, 2.75) is 20.4 Å². The first-order valence-corrected chi connectivity index (χ1v) is 7.01. The summed E-state index contributed by atoms with van der Waals surface area (Å²) in [6.07, 6.45) is 0. The molecule has 0 fully saturated rings. The molecule has 1 aromatic heterocycles. The highest BCUT2D eigenvalue weighted by Crippen LogP contribution is 2.19. The van der Waals surface area contributed by atoms with Crippen LogP contribution in [0.1, 0.15) is 17.0 Å². The van der Waals surface area contributed by atoms with Gasteiger partial charge in [0.1, 0.15) is 5.82 Å². The Hall–Kier alpha value is -2.69. The summed E-state index contributed by atoms with van der Waals surface area (Å²) >= 11 is 0. The van der Waals surface area contributed by atoms with Gasteiger partial charge >= 0.3 is 0 Å². The van der Waals surface area contributed by atoms with Crippen molar-refractivity contribution in [2.24, 2.45) is 0 Å². The van der Waals surface area contributed by atoms with Crippen molar-refractivity contribution in [3.63, 3.8) is 0 Å². The lowest BCUT2D eigenvalue weighted by molar-refractivity contribution is 0.384. The Morgan fingerprint density at radius 2 is 1.86 bits per heavy atom. The molecule has 0 aliphatic heterocycles. The van der Waals surface area contributed by atoms with Gasteiger partial charge in [-0.2, -0.15) is 4.98 Å². The number of rotatable bonds is 4. The van der Waals surface area contributed by atoms with Crippen LogP contribution < -0.4 is 5.32 Å². The maximum Gasteiger partial charge on any atom is 0.246 e. The molecule has 0 atom stereocenters. The highest BCUT2D eigenvalue weighted by molar-refractivity contribution is 5.55. The Bertz CT molecular complexity index is 781. The summed E-state index contributed by atoms with van der Waals surface area (Å²) in [6, 6.07) is 12.5. The van der Waals surface area contributed by atoms with Crippen molar-refractivity contribution >= 4 is 5.69 Å². The molecule has 0 radical (unpaired) electrons. The molecule has 3 aromatic rings. The van der Waals surface area contributed by atoms with E-state index in [0.29, 0.717) is 18.3 Å². The molecule has 0 saturated heterocycles. The molecule has 1 N–H and O–H groups in total. The molecule has 1 heterocycles. The van der Waals surface area contributed by atoms with Crippen LogP contribution in [0.2, 0.25) is 0 Å². The number of anilines is 1. The number of hydrogen-bond donors (Lipinski definition) is 1. The molecular formula is C17H16FN3O. The van der Waals surface area contributed by atoms with Gasteiger partial charge in [-0.05, 0) is 31.5 Å². The Labute approximate surface area is 128 Å². The van der Waals surface area contributed by atoms with Gasteiger partial charge in [0, 0.05) is 11.3 Å². The van der Waals surface area contributed by atoms with Crippen LogP contribution in [0.5, 0.6) is 0 Å². The van der Waals surface area contributed by atoms with Crippen molar-refractivity contribution in [3.8, 4) is 11.4 Å². The van der Waals surface area contributed by atoms with E-state index in [4.69, 9.17) is 4.52 Å². The fourth-order valence-electron chi connectivity index (χ4n) is 2.10. The maximum absolute atomic E-state index is 13.2. The standard InChI is InChI=1S/C17H16FN3O/c1-11-3-6-13(7-4-11)17-20-16(22-21-17)10-19-15-9-14(18)8-5-12(15)2/h3-9,19H,10H2,1-2H3. The highest BCUT2D eigenvalue weighted by Gasteiger charge is 2.09. The fourth-order valence-corrected chi connectivity index (χ4v) is 2.10. The fraction of sp³-hybridized carbons (Fsp3) is 0.176. The third kappa shape index (κ3) is 3.14. The molecule has 0 aliphatic carbocycles. The molecule has 5 heteroatoms. The molecule has 3 rings (SSSR count). The Morgan fingerprint density at radius 1 is 1.09 bits per heavy atom. The van der Waals surface area contributed by atoms with Crippen LogP contribution in [0.3, 0.4) is 0 Å². The number of hydrogen-bond acceptors (Lipinski definition) is 4. The van der Waals surface area contributed by atoms with Crippen LogP contribution in [-0.2, 0) is 6.54 Å². The highest BCUT2D eigenvalue weighted by atomic mass is 19.1. The SMILES string of the molecule is Cc1ccc(-c2noc(CNc3cc(F)ccc3C)n2)cc1. The van der Waals surface area contributed by atoms with Crippen molar-refractivity contribution in [3.05, 3.63) is 65.3 Å². The lowest BCUT2D eigenvalue weighted by atomic mass is 10.1. The summed E-state index contributed by atoms with van der Waals surface area (Å²) < 4.78 is 18.5. The first-order chi connectivity index (χ1) is 10.6. The minimum Gasteiger partial charge on any atom is -0.376 e. The molecule has 2 aromatic carbocycles. The van der Waals surface area contributed by atoms with Crippen LogP contribution in [0.25, 0.3) is 11.4 Å². The third-order valence-electron chi connectivity index (χ3n) is 3.41. The molecule has 0 bridgehead atoms. The predicted octanol–water partition coefficient (Wildman–Crippen LogP) is 4.10. The Balaban J connectivity index is 1.72. The molecule has 112 valence electrons. The zero-order valence-electron chi connectivity index (χ0n) is 12.4. The second kappa shape index (κ2) is 5.97. The van der Waals surface area contributed by atoms with Crippen LogP contribution in [0, 0.1) is 19.7 Å². The number of nitrogens with zero attached hydrogens (tertiary/aromatic N) is 2. The second-order valence-electron chi connectivity index (χ2n) is 5.19. The van der Waals surface area contributed by atoms with Gasteiger partial charge in [0.2, 0.25) is 11.7 Å². The van der Waals surface area contributed by atoms with E-state index in [0.717, 1.165) is 16.8 Å². The van der Waals surface area contributed by atoms with Gasteiger partial charge in [-0.3, -0.25) is 0 Å². The first-order valence-electron chi connectivity index (χ1n) is 7.01. The van der Waals surface area contributed by atoms with E-state index < -0.39 is 0 Å². The molecule has 0 spiro atoms. The van der Waals surface area contributed by atoms with Crippen LogP contribution in [0.4, 0.5) is 10.1 Å². The largest absolute Gasteiger partial charge is 0.376 e. The number of nitrogens with one attached hydrogen (secondary N) is 1. The van der Waals surface area contributed by atoms with E-state index in [-0.39, 0.29) is 5.82 Å². The van der Waals surface area contributed by atoms with E-state index >= 15 is 0 Å². The predicted molar refractivity (Wildman–Crippen MR) is 82.9 cm³/mol. The first kappa shape index (κ1) is 14.3. The zero-order valence-corrected chi connectivity index (χ0v) is 12.4. The van der Waals surface area contributed by atoms with Gasteiger partial charge in [0.05, 0.1) is 6.54 Å². The molecule has 4 nitrogen and oxygen atoms in total. The van der Waals surface area contributed by atoms with Gasteiger partial charge in [-0.25, -0.2) is 4.39 Å². The zero-order chi connectivity index (χ0) is 15.5. The average Bonchev–Trinajstić information content (AvgIpc) is 2.98. The number of benzene rings is 2. The smallest absolute Gasteiger partial charge is 0.246 e. The number of aromatic nitrogens is 2. The summed E-state index contributed by atoms with van der Waals surface area (Å²) in [5, 5.41) is 7.08. The van der Waals surface area contributed by atoms with E-state index in [9.17, 15) is 4.39 Å². The Morgan fingerprint density at radius 3 is 2.64 bits per heavy atom. The van der Waals surface area contributed by atoms with E-state index in [1.165, 1.54) is 17.7 Å². The average molecular weight is 297 g/mol. The third-order valence-corrected chi connectivity index (χ3v) is 3.41. The lowest BCUT2D eigenvalue weighted by Crippen LogP contribution is -2.01. The van der Waals surface area contributed by atoms with E-state index in [2.05, 4.69) is 15.5 Å². The normalized spacial score (nSPS) is 10.7. The summed E-state index contributed by atoms with van der Waals surface area (Å²) in [7, 11) is 0. The van der Waals surface area contributed by atoms with Crippen LogP contribution in [-0.4, -0.2) is 10.1 Å². The van der Waals surface area contributed by atoms with Crippen molar-refractivity contribution in [1.82, 2.24) is 10.1 Å². The van der Waals surface area contributed by atoms with E-state index in [1.54, 1.807) is 6.07 Å². The second-order valence-corrected chi connectivity index (χ2v) is 5.19. The quantitative estimate of drug-likeness (QED) is 0.787. The monoisotopic (exact) mass is 297 g/mol. The minimum atomic E-state index is -0.279. The van der Waals surface area contributed by atoms with Gasteiger partial charge in [0.25, 0.3) is 0 Å². The van der Waals surface area contributed by atoms with Crippen LogP contribution >= 0.6 is 0 Å². The topological polar surface area (TPSA) is 51.0 Å². The van der Waals surface area contributed by atoms with Gasteiger partial charge in [-0.1, -0.05) is 41.1 Å². The van der Waals surface area contributed by atoms with Gasteiger partial charge in [-0.15, -0.1) is 0 Å². The lowest BCUT2D eigenvalue weighted by Gasteiger charge is -2.06. The summed E-state index contributed by atoms with van der Waals surface area (Å²) in [6.45, 7) is 4.28. The molecular weight excluding hydrogens is 281 g/mol. The van der Waals surface area contributed by atoms with E-state index in [1.807, 2.05) is 38.1 Å². The van der Waals surface area contributed by atoms with Crippen molar-refractivity contribution < 1.29 is 8.91 Å². The van der Waals surface area contributed by atoms with Gasteiger partial charge < -0.3 is 9.84 Å². The molecule has 0 saturated carbocycles. The maximum atomic E-state index is 13.2. The van der Waals surface area contributed by atoms with Crippen molar-refractivity contribution in [2.75, 3.05) is 5.32 Å². The van der Waals surface area contributed by atoms with Gasteiger partial charge in [0.15, 0.2) is 0 Å². The molecule has 22 heavy (non-hydrogen) atoms. The minimum absolute atomic E-state index is 0.279. The molecule has 0 amide bonds. The molecule has 0 unspecified atom stereocenters. The van der Waals surface area contributed by atoms with Crippen molar-refractivity contribution in [1.29, 1.82) is 0 Å². The summed E-state index contributed by atoms with van der Waals surface area (Å²) in [4.78, 5) is 4.34. The van der Waals surface area contributed by atoms with Crippen LogP contribution in [0.15, 0.2) is 47.0 Å². The Kier molecular flexibility index (Phi) is 3.87. The molecule has 0 aliphatic rings. The number of aryl methyl sites for hydroxylation is 2. The number of halogens is 1. The summed E-state index contributed by atoms with van der Waals surface area (Å²) in [5.74, 6) is 0.728. The summed E-state index contributed by atoms with van der Waals surface area (Å²) in [5.41, 5.74) is 3.76.